The van der Waals surface area contributed by atoms with Gasteiger partial charge in [-0.1, -0.05) is 29.8 Å². The largest absolute Gasteiger partial charge is 0.241 e. The second kappa shape index (κ2) is 4.99. The molecule has 0 aliphatic heterocycles. The molecule has 0 bridgehead atoms. The van der Waals surface area contributed by atoms with Crippen molar-refractivity contribution in [2.75, 3.05) is 6.54 Å². The first-order valence-electron chi connectivity index (χ1n) is 4.73. The van der Waals surface area contributed by atoms with E-state index < -0.39 is 10.0 Å². The van der Waals surface area contributed by atoms with Crippen LogP contribution in [0.3, 0.4) is 0 Å². The van der Waals surface area contributed by atoms with Crippen LogP contribution in [0, 0.1) is 6.92 Å². The predicted octanol–water partition coefficient (Wildman–Crippen LogP) is 2.50. The first-order chi connectivity index (χ1) is 7.33. The van der Waals surface area contributed by atoms with Crippen LogP contribution in [0.1, 0.15) is 12.5 Å². The smallest absolute Gasteiger partial charge is 0.207 e. The summed E-state index contributed by atoms with van der Waals surface area (Å²) >= 11 is 5.78. The zero-order chi connectivity index (χ0) is 12.3. The van der Waals surface area contributed by atoms with E-state index in [0.717, 1.165) is 5.57 Å². The van der Waals surface area contributed by atoms with Crippen molar-refractivity contribution in [3.63, 3.8) is 0 Å². The van der Waals surface area contributed by atoms with Gasteiger partial charge in [-0.05, 0) is 31.5 Å². The van der Waals surface area contributed by atoms with Crippen LogP contribution in [0.4, 0.5) is 0 Å². The molecule has 0 saturated carbocycles. The third-order valence-corrected chi connectivity index (χ3v) is 3.78. The van der Waals surface area contributed by atoms with Gasteiger partial charge in [-0.25, -0.2) is 13.1 Å². The summed E-state index contributed by atoms with van der Waals surface area (Å²) in [6.07, 6.45) is 0. The predicted molar refractivity (Wildman–Crippen MR) is 66.2 cm³/mol. The normalized spacial score (nSPS) is 11.4. The lowest BCUT2D eigenvalue weighted by Gasteiger charge is -2.09. The molecule has 0 fully saturated rings. The van der Waals surface area contributed by atoms with E-state index in [1.807, 2.05) is 0 Å². The Morgan fingerprint density at radius 3 is 2.69 bits per heavy atom. The molecule has 0 atom stereocenters. The van der Waals surface area contributed by atoms with Gasteiger partial charge < -0.3 is 0 Å². The highest BCUT2D eigenvalue weighted by atomic mass is 35.5. The molecule has 0 heterocycles. The van der Waals surface area contributed by atoms with Gasteiger partial charge in [-0.3, -0.25) is 0 Å². The van der Waals surface area contributed by atoms with Gasteiger partial charge in [0.15, 0.2) is 0 Å². The standard InChI is InChI=1S/C11H14ClNO2S/c1-8(2)7-13-16(14,15)11-6-10(12)5-4-9(11)3/h4-6,13H,1,7H2,2-3H3. The molecule has 1 aromatic rings. The fourth-order valence-corrected chi connectivity index (χ4v) is 2.76. The van der Waals surface area contributed by atoms with Gasteiger partial charge in [0, 0.05) is 11.6 Å². The summed E-state index contributed by atoms with van der Waals surface area (Å²) in [5, 5.41) is 0.404. The van der Waals surface area contributed by atoms with E-state index in [-0.39, 0.29) is 11.4 Å². The fraction of sp³-hybridized carbons (Fsp3) is 0.273. The third kappa shape index (κ3) is 3.33. The molecule has 5 heteroatoms. The van der Waals surface area contributed by atoms with Gasteiger partial charge in [0.05, 0.1) is 4.90 Å². The Kier molecular flexibility index (Phi) is 4.13. The van der Waals surface area contributed by atoms with Crippen molar-refractivity contribution in [3.05, 3.63) is 40.9 Å². The minimum absolute atomic E-state index is 0.209. The number of sulfonamides is 1. The second-order valence-electron chi connectivity index (χ2n) is 3.69. The number of hydrogen-bond donors (Lipinski definition) is 1. The maximum Gasteiger partial charge on any atom is 0.241 e. The molecule has 0 unspecified atom stereocenters. The van der Waals surface area contributed by atoms with Crippen molar-refractivity contribution in [1.29, 1.82) is 0 Å². The molecule has 16 heavy (non-hydrogen) atoms. The highest BCUT2D eigenvalue weighted by Gasteiger charge is 2.16. The second-order valence-corrected chi connectivity index (χ2v) is 5.86. The lowest BCUT2D eigenvalue weighted by molar-refractivity contribution is 0.584. The van der Waals surface area contributed by atoms with E-state index in [2.05, 4.69) is 11.3 Å². The molecule has 0 spiro atoms. The zero-order valence-corrected chi connectivity index (χ0v) is 10.8. The highest BCUT2D eigenvalue weighted by molar-refractivity contribution is 7.89. The van der Waals surface area contributed by atoms with E-state index in [4.69, 9.17) is 11.6 Å². The van der Waals surface area contributed by atoms with E-state index in [1.165, 1.54) is 6.07 Å². The van der Waals surface area contributed by atoms with Crippen molar-refractivity contribution < 1.29 is 8.42 Å². The Labute approximate surface area is 101 Å². The van der Waals surface area contributed by atoms with Gasteiger partial charge in [0.2, 0.25) is 10.0 Å². The number of benzene rings is 1. The number of aryl methyl sites for hydroxylation is 1. The van der Waals surface area contributed by atoms with Crippen LogP contribution in [0.2, 0.25) is 5.02 Å². The topological polar surface area (TPSA) is 46.2 Å². The molecule has 1 rings (SSSR count). The first kappa shape index (κ1) is 13.2. The Bertz CT molecular complexity index is 509. The van der Waals surface area contributed by atoms with Crippen LogP contribution >= 0.6 is 11.6 Å². The van der Waals surface area contributed by atoms with Crippen molar-refractivity contribution in [3.8, 4) is 0 Å². The Morgan fingerprint density at radius 1 is 1.50 bits per heavy atom. The van der Waals surface area contributed by atoms with Gasteiger partial charge in [-0.2, -0.15) is 0 Å². The van der Waals surface area contributed by atoms with Gasteiger partial charge in [0.1, 0.15) is 0 Å². The molecule has 1 aromatic carbocycles. The van der Waals surface area contributed by atoms with Crippen LogP contribution in [-0.2, 0) is 10.0 Å². The van der Waals surface area contributed by atoms with E-state index in [1.54, 1.807) is 26.0 Å². The van der Waals surface area contributed by atoms with E-state index in [9.17, 15) is 8.42 Å². The minimum atomic E-state index is -3.50. The summed E-state index contributed by atoms with van der Waals surface area (Å²) < 4.78 is 26.3. The van der Waals surface area contributed by atoms with Crippen LogP contribution in [0.25, 0.3) is 0 Å². The molecule has 0 aliphatic rings. The summed E-state index contributed by atoms with van der Waals surface area (Å²) in [6, 6.07) is 4.78. The van der Waals surface area contributed by atoms with Crippen molar-refractivity contribution in [2.45, 2.75) is 18.7 Å². The van der Waals surface area contributed by atoms with Crippen LogP contribution in [-0.4, -0.2) is 15.0 Å². The molecule has 0 saturated heterocycles. The molecule has 0 radical (unpaired) electrons. The van der Waals surface area contributed by atoms with Crippen LogP contribution in [0.5, 0.6) is 0 Å². The summed E-state index contributed by atoms with van der Waals surface area (Å²) in [7, 11) is -3.50. The van der Waals surface area contributed by atoms with Crippen molar-refractivity contribution in [2.24, 2.45) is 0 Å². The Balaban J connectivity index is 3.07. The summed E-state index contributed by atoms with van der Waals surface area (Å²) in [4.78, 5) is 0.209. The third-order valence-electron chi connectivity index (χ3n) is 2.00. The van der Waals surface area contributed by atoms with E-state index >= 15 is 0 Å². The van der Waals surface area contributed by atoms with Gasteiger partial charge >= 0.3 is 0 Å². The number of halogens is 1. The molecule has 3 nitrogen and oxygen atoms in total. The monoisotopic (exact) mass is 259 g/mol. The summed E-state index contributed by atoms with van der Waals surface area (Å²) in [6.45, 7) is 7.35. The van der Waals surface area contributed by atoms with Crippen LogP contribution < -0.4 is 4.72 Å². The molecular weight excluding hydrogens is 246 g/mol. The quantitative estimate of drug-likeness (QED) is 0.845. The summed E-state index contributed by atoms with van der Waals surface area (Å²) in [5.41, 5.74) is 1.42. The van der Waals surface area contributed by atoms with Crippen LogP contribution in [0.15, 0.2) is 35.2 Å². The Hall–Kier alpha value is -0.840. The van der Waals surface area contributed by atoms with Gasteiger partial charge in [-0.15, -0.1) is 0 Å². The maximum absolute atomic E-state index is 11.9. The minimum Gasteiger partial charge on any atom is -0.207 e. The molecule has 0 aliphatic carbocycles. The molecule has 0 amide bonds. The molecule has 88 valence electrons. The maximum atomic E-state index is 11.9. The van der Waals surface area contributed by atoms with Crippen molar-refractivity contribution in [1.82, 2.24) is 4.72 Å². The average Bonchev–Trinajstić information content (AvgIpc) is 2.19. The number of rotatable bonds is 4. The van der Waals surface area contributed by atoms with E-state index in [0.29, 0.717) is 10.6 Å². The lowest BCUT2D eigenvalue weighted by Crippen LogP contribution is -2.25. The van der Waals surface area contributed by atoms with Crippen molar-refractivity contribution >= 4 is 21.6 Å². The average molecular weight is 260 g/mol. The number of hydrogen-bond acceptors (Lipinski definition) is 2. The zero-order valence-electron chi connectivity index (χ0n) is 9.25. The SMILES string of the molecule is C=C(C)CNS(=O)(=O)c1cc(Cl)ccc1C. The lowest BCUT2D eigenvalue weighted by atomic mass is 10.2. The molecular formula is C11H14ClNO2S. The first-order valence-corrected chi connectivity index (χ1v) is 6.59. The molecule has 0 aromatic heterocycles. The Morgan fingerprint density at radius 2 is 2.12 bits per heavy atom. The highest BCUT2D eigenvalue weighted by Crippen LogP contribution is 2.19. The molecule has 1 N–H and O–H groups in total. The van der Waals surface area contributed by atoms with Gasteiger partial charge in [0.25, 0.3) is 0 Å². The number of nitrogens with one attached hydrogen (secondary N) is 1. The fourth-order valence-electron chi connectivity index (χ4n) is 1.16. The summed E-state index contributed by atoms with van der Waals surface area (Å²) in [5.74, 6) is 0.